The lowest BCUT2D eigenvalue weighted by Crippen LogP contribution is -2.32. The highest BCUT2D eigenvalue weighted by atomic mass is 16.5. The van der Waals surface area contributed by atoms with Crippen LogP contribution >= 0.6 is 0 Å². The van der Waals surface area contributed by atoms with Gasteiger partial charge in [-0.1, -0.05) is 45.0 Å². The number of benzene rings is 2. The van der Waals surface area contributed by atoms with Crippen molar-refractivity contribution in [3.05, 3.63) is 70.9 Å². The first-order chi connectivity index (χ1) is 14.0. The van der Waals surface area contributed by atoms with Crippen LogP contribution in [-0.2, 0) is 6.42 Å². The third-order valence-corrected chi connectivity index (χ3v) is 5.49. The number of hydrogen-bond acceptors (Lipinski definition) is 3. The Morgan fingerprint density at radius 2 is 1.79 bits per heavy atom. The number of aryl methyl sites for hydroxylation is 1. The number of rotatable bonds is 6. The Kier molecular flexibility index (Phi) is 5.14. The molecule has 1 aliphatic rings. The van der Waals surface area contributed by atoms with Gasteiger partial charge in [-0.15, -0.1) is 0 Å². The minimum atomic E-state index is -0.137. The van der Waals surface area contributed by atoms with Crippen molar-refractivity contribution in [2.75, 3.05) is 13.7 Å². The minimum Gasteiger partial charge on any atom is -0.497 e. The summed E-state index contributed by atoms with van der Waals surface area (Å²) >= 11 is 0. The highest BCUT2D eigenvalue weighted by molar-refractivity contribution is 6.00. The molecule has 0 fully saturated rings. The van der Waals surface area contributed by atoms with E-state index in [1.807, 2.05) is 29.2 Å². The molecule has 1 N–H and O–H groups in total. The zero-order valence-electron chi connectivity index (χ0n) is 17.4. The molecule has 0 bridgehead atoms. The average Bonchev–Trinajstić information content (AvgIpc) is 3.27. The van der Waals surface area contributed by atoms with Gasteiger partial charge in [-0.25, -0.2) is 0 Å². The van der Waals surface area contributed by atoms with E-state index < -0.39 is 0 Å². The van der Waals surface area contributed by atoms with Crippen LogP contribution in [0.1, 0.15) is 54.0 Å². The van der Waals surface area contributed by atoms with Crippen LogP contribution in [0.4, 0.5) is 0 Å². The second-order valence-electron chi connectivity index (χ2n) is 7.94. The molecule has 150 valence electrons. The summed E-state index contributed by atoms with van der Waals surface area (Å²) in [6.45, 7) is 7.12. The number of carbonyl (C=O) groups is 1. The largest absolute Gasteiger partial charge is 0.497 e. The summed E-state index contributed by atoms with van der Waals surface area (Å²) in [6.07, 6.45) is 0.994. The number of methoxy groups -OCH3 is 1. The number of aromatic nitrogens is 2. The zero-order valence-corrected chi connectivity index (χ0v) is 17.4. The van der Waals surface area contributed by atoms with Crippen molar-refractivity contribution >= 4 is 5.91 Å². The summed E-state index contributed by atoms with van der Waals surface area (Å²) in [7, 11) is 1.65. The van der Waals surface area contributed by atoms with Gasteiger partial charge in [0.05, 0.1) is 18.8 Å². The van der Waals surface area contributed by atoms with Gasteiger partial charge >= 0.3 is 0 Å². The Labute approximate surface area is 171 Å². The molecular weight excluding hydrogens is 362 g/mol. The van der Waals surface area contributed by atoms with Gasteiger partial charge < -0.3 is 9.64 Å². The number of aromatic amines is 1. The van der Waals surface area contributed by atoms with Crippen molar-refractivity contribution in [2.45, 2.75) is 33.2 Å². The summed E-state index contributed by atoms with van der Waals surface area (Å²) < 4.78 is 5.28. The topological polar surface area (TPSA) is 58.2 Å². The summed E-state index contributed by atoms with van der Waals surface area (Å²) in [4.78, 5) is 15.2. The first-order valence-electron chi connectivity index (χ1n) is 10.2. The molecule has 0 saturated carbocycles. The lowest BCUT2D eigenvalue weighted by molar-refractivity contribution is 0.0722. The molecule has 1 aliphatic heterocycles. The van der Waals surface area contributed by atoms with E-state index >= 15 is 0 Å². The molecule has 2 heterocycles. The van der Waals surface area contributed by atoms with E-state index in [1.165, 1.54) is 5.56 Å². The maximum absolute atomic E-state index is 13.2. The van der Waals surface area contributed by atoms with Gasteiger partial charge in [-0.05, 0) is 47.7 Å². The van der Waals surface area contributed by atoms with E-state index in [4.69, 9.17) is 4.74 Å². The van der Waals surface area contributed by atoms with Crippen LogP contribution in [0.25, 0.3) is 11.3 Å². The average molecular weight is 389 g/mol. The molecule has 29 heavy (non-hydrogen) atoms. The monoisotopic (exact) mass is 389 g/mol. The number of ether oxygens (including phenoxy) is 1. The number of nitrogens with zero attached hydrogens (tertiary/aromatic N) is 2. The summed E-state index contributed by atoms with van der Waals surface area (Å²) in [5.74, 6) is 1.19. The maximum Gasteiger partial charge on any atom is 0.273 e. The zero-order chi connectivity index (χ0) is 20.5. The highest BCUT2D eigenvalue weighted by Crippen LogP contribution is 2.43. The first kappa shape index (κ1) is 19.2. The number of amides is 1. The van der Waals surface area contributed by atoms with Crippen molar-refractivity contribution in [3.63, 3.8) is 0 Å². The lowest BCUT2D eigenvalue weighted by Gasteiger charge is -2.28. The van der Waals surface area contributed by atoms with Gasteiger partial charge in [-0.3, -0.25) is 9.89 Å². The minimum absolute atomic E-state index is 0.0190. The summed E-state index contributed by atoms with van der Waals surface area (Å²) in [6, 6.07) is 16.3. The third kappa shape index (κ3) is 3.41. The van der Waals surface area contributed by atoms with E-state index in [1.54, 1.807) is 7.11 Å². The fraction of sp³-hybridized carbons (Fsp3) is 0.333. The molecule has 0 spiro atoms. The second kappa shape index (κ2) is 7.74. The van der Waals surface area contributed by atoms with Gasteiger partial charge in [0.2, 0.25) is 0 Å². The molecule has 0 aliphatic carbocycles. The molecule has 0 radical (unpaired) electrons. The van der Waals surface area contributed by atoms with Crippen LogP contribution in [0.15, 0.2) is 48.5 Å². The maximum atomic E-state index is 13.2. The molecule has 3 aromatic rings. The molecule has 1 aromatic heterocycles. The fourth-order valence-electron chi connectivity index (χ4n) is 4.03. The summed E-state index contributed by atoms with van der Waals surface area (Å²) in [5, 5.41) is 7.54. The van der Waals surface area contributed by atoms with Crippen LogP contribution in [0.5, 0.6) is 5.75 Å². The van der Waals surface area contributed by atoms with Gasteiger partial charge in [0.1, 0.15) is 11.4 Å². The van der Waals surface area contributed by atoms with Crippen molar-refractivity contribution < 1.29 is 9.53 Å². The molecule has 5 nitrogen and oxygen atoms in total. The number of H-pyrrole nitrogens is 1. The van der Waals surface area contributed by atoms with E-state index in [9.17, 15) is 4.79 Å². The SMILES string of the molecule is CCc1ccc(C2c3c(-c4ccc(OC)cc4)n[nH]c3C(=O)N2CC(C)C)cc1. The Morgan fingerprint density at radius 1 is 1.10 bits per heavy atom. The Bertz CT molecular complexity index is 1000. The van der Waals surface area contributed by atoms with Crippen LogP contribution in [0, 0.1) is 5.92 Å². The standard InChI is InChI=1S/C24H27N3O2/c1-5-16-6-8-18(9-7-16)23-20-21(17-10-12-19(29-4)13-11-17)25-26-22(20)24(28)27(23)14-15(2)3/h6-13,15,23H,5,14H2,1-4H3,(H,25,26). The van der Waals surface area contributed by atoms with E-state index in [-0.39, 0.29) is 11.9 Å². The second-order valence-corrected chi connectivity index (χ2v) is 7.94. The van der Waals surface area contributed by atoms with Gasteiger partial charge in [0.15, 0.2) is 0 Å². The van der Waals surface area contributed by atoms with Crippen LogP contribution in [-0.4, -0.2) is 34.7 Å². The van der Waals surface area contributed by atoms with Crippen molar-refractivity contribution in [1.82, 2.24) is 15.1 Å². The van der Waals surface area contributed by atoms with Crippen molar-refractivity contribution in [2.24, 2.45) is 5.92 Å². The van der Waals surface area contributed by atoms with Gasteiger partial charge in [-0.2, -0.15) is 5.10 Å². The van der Waals surface area contributed by atoms with E-state index in [0.29, 0.717) is 18.2 Å². The van der Waals surface area contributed by atoms with Crippen LogP contribution < -0.4 is 4.74 Å². The molecule has 0 saturated heterocycles. The van der Waals surface area contributed by atoms with Gasteiger partial charge in [0, 0.05) is 17.7 Å². The molecule has 1 unspecified atom stereocenters. The number of nitrogens with one attached hydrogen (secondary N) is 1. The number of fused-ring (bicyclic) bond motifs is 1. The van der Waals surface area contributed by atoms with Crippen molar-refractivity contribution in [1.29, 1.82) is 0 Å². The lowest BCUT2D eigenvalue weighted by atomic mass is 9.95. The predicted octanol–water partition coefficient (Wildman–Crippen LogP) is 4.85. The van der Waals surface area contributed by atoms with Gasteiger partial charge in [0.25, 0.3) is 5.91 Å². The van der Waals surface area contributed by atoms with Crippen LogP contribution in [0.2, 0.25) is 0 Å². The number of hydrogen-bond donors (Lipinski definition) is 1. The van der Waals surface area contributed by atoms with E-state index in [0.717, 1.165) is 34.6 Å². The molecule has 1 atom stereocenters. The van der Waals surface area contributed by atoms with Crippen LogP contribution in [0.3, 0.4) is 0 Å². The summed E-state index contributed by atoms with van der Waals surface area (Å²) in [5.41, 5.74) is 5.76. The quantitative estimate of drug-likeness (QED) is 0.656. The Balaban J connectivity index is 1.83. The molecule has 5 heteroatoms. The fourth-order valence-corrected chi connectivity index (χ4v) is 4.03. The molecular formula is C24H27N3O2. The Morgan fingerprint density at radius 3 is 2.38 bits per heavy atom. The highest BCUT2D eigenvalue weighted by Gasteiger charge is 2.42. The molecule has 2 aromatic carbocycles. The molecule has 4 rings (SSSR count). The first-order valence-corrected chi connectivity index (χ1v) is 10.2. The smallest absolute Gasteiger partial charge is 0.273 e. The predicted molar refractivity (Wildman–Crippen MR) is 114 cm³/mol. The van der Waals surface area contributed by atoms with Crippen molar-refractivity contribution in [3.8, 4) is 17.0 Å². The molecule has 1 amide bonds. The normalized spacial score (nSPS) is 15.8. The third-order valence-electron chi connectivity index (χ3n) is 5.49. The Hall–Kier alpha value is -3.08. The number of carbonyl (C=O) groups excluding carboxylic acids is 1. The van der Waals surface area contributed by atoms with E-state index in [2.05, 4.69) is 55.2 Å².